The minimum Gasteiger partial charge on any atom is -0.507 e. The number of phenols is 1. The highest BCUT2D eigenvalue weighted by Crippen LogP contribution is 2.24. The summed E-state index contributed by atoms with van der Waals surface area (Å²) in [6, 6.07) is 11.3. The van der Waals surface area contributed by atoms with E-state index >= 15 is 0 Å². The first-order valence-electron chi connectivity index (χ1n) is 6.49. The fraction of sp³-hybridized carbons (Fsp3) is 0. The number of H-pyrrole nitrogens is 1. The fourth-order valence-corrected chi connectivity index (χ4v) is 2.35. The second-order valence-electron chi connectivity index (χ2n) is 4.64. The Labute approximate surface area is 138 Å². The van der Waals surface area contributed by atoms with Gasteiger partial charge in [-0.1, -0.05) is 33.2 Å². The van der Waals surface area contributed by atoms with Crippen molar-refractivity contribution in [1.82, 2.24) is 10.1 Å². The molecule has 0 bridgehead atoms. The van der Waals surface area contributed by atoms with E-state index in [0.29, 0.717) is 15.7 Å². The highest BCUT2D eigenvalue weighted by atomic mass is 79.9. The molecule has 1 heterocycles. The molecule has 0 spiro atoms. The maximum atomic E-state index is 12.3. The van der Waals surface area contributed by atoms with Crippen molar-refractivity contribution < 1.29 is 14.4 Å². The number of hydrogen-bond acceptors (Lipinski definition) is 5. The van der Waals surface area contributed by atoms with Crippen LogP contribution in [0.1, 0.15) is 10.4 Å². The van der Waals surface area contributed by atoms with Gasteiger partial charge in [0.15, 0.2) is 5.82 Å². The SMILES string of the molecule is O=C(Nc1cccc(-c2noc(=O)[nH]2)c1)c1cc(Br)ccc1O. The van der Waals surface area contributed by atoms with E-state index < -0.39 is 11.7 Å². The topological polar surface area (TPSA) is 108 Å². The largest absolute Gasteiger partial charge is 0.507 e. The van der Waals surface area contributed by atoms with Crippen molar-refractivity contribution in [3.8, 4) is 17.1 Å². The van der Waals surface area contributed by atoms with Gasteiger partial charge in [-0.25, -0.2) is 4.79 Å². The van der Waals surface area contributed by atoms with E-state index in [1.54, 1.807) is 30.3 Å². The number of rotatable bonds is 3. The number of benzene rings is 2. The van der Waals surface area contributed by atoms with Crippen LogP contribution in [0.3, 0.4) is 0 Å². The van der Waals surface area contributed by atoms with Gasteiger partial charge in [0.05, 0.1) is 5.56 Å². The van der Waals surface area contributed by atoms with Crippen molar-refractivity contribution in [1.29, 1.82) is 0 Å². The Morgan fingerprint density at radius 3 is 2.83 bits per heavy atom. The van der Waals surface area contributed by atoms with Crippen molar-refractivity contribution in [3.05, 3.63) is 63.1 Å². The van der Waals surface area contributed by atoms with Crippen LogP contribution in [0.15, 0.2) is 56.3 Å². The molecular weight excluding hydrogens is 366 g/mol. The lowest BCUT2D eigenvalue weighted by Crippen LogP contribution is -2.12. The van der Waals surface area contributed by atoms with Gasteiger partial charge in [-0.05, 0) is 30.3 Å². The zero-order valence-corrected chi connectivity index (χ0v) is 13.1. The van der Waals surface area contributed by atoms with E-state index in [1.807, 2.05) is 0 Å². The minimum absolute atomic E-state index is 0.123. The number of nitrogens with zero attached hydrogens (tertiary/aromatic N) is 1. The van der Waals surface area contributed by atoms with Crippen molar-refractivity contribution >= 4 is 27.5 Å². The first-order valence-corrected chi connectivity index (χ1v) is 7.28. The smallest absolute Gasteiger partial charge is 0.439 e. The van der Waals surface area contributed by atoms with Crippen LogP contribution in [0.2, 0.25) is 0 Å². The molecule has 2 aromatic carbocycles. The number of carbonyl (C=O) groups excluding carboxylic acids is 1. The lowest BCUT2D eigenvalue weighted by Gasteiger charge is -2.08. The second-order valence-corrected chi connectivity index (χ2v) is 5.56. The third kappa shape index (κ3) is 3.32. The fourth-order valence-electron chi connectivity index (χ4n) is 1.99. The second kappa shape index (κ2) is 6.09. The van der Waals surface area contributed by atoms with Crippen LogP contribution in [-0.2, 0) is 0 Å². The molecule has 0 unspecified atom stereocenters. The normalized spacial score (nSPS) is 10.5. The number of aromatic nitrogens is 2. The van der Waals surface area contributed by atoms with Crippen LogP contribution in [0.4, 0.5) is 5.69 Å². The number of aromatic amines is 1. The molecule has 0 atom stereocenters. The number of halogens is 1. The van der Waals surface area contributed by atoms with E-state index in [2.05, 4.69) is 35.9 Å². The van der Waals surface area contributed by atoms with Gasteiger partial charge in [0.1, 0.15) is 5.75 Å². The molecule has 8 heteroatoms. The van der Waals surface area contributed by atoms with E-state index in [0.717, 1.165) is 0 Å². The van der Waals surface area contributed by atoms with Gasteiger partial charge in [0.25, 0.3) is 5.91 Å². The predicted octanol–water partition coefficient (Wildman–Crippen LogP) is 2.75. The zero-order valence-electron chi connectivity index (χ0n) is 11.5. The van der Waals surface area contributed by atoms with Crippen LogP contribution in [-0.4, -0.2) is 21.2 Å². The summed E-state index contributed by atoms with van der Waals surface area (Å²) in [5.41, 5.74) is 1.20. The number of amides is 1. The first kappa shape index (κ1) is 15.0. The van der Waals surface area contributed by atoms with Crippen molar-refractivity contribution in [2.45, 2.75) is 0 Å². The molecule has 0 saturated heterocycles. The molecule has 0 saturated carbocycles. The Hall–Kier alpha value is -2.87. The van der Waals surface area contributed by atoms with Crippen LogP contribution in [0.5, 0.6) is 5.75 Å². The lowest BCUT2D eigenvalue weighted by molar-refractivity contribution is 0.102. The van der Waals surface area contributed by atoms with Gasteiger partial charge in [-0.15, -0.1) is 0 Å². The molecule has 0 aliphatic heterocycles. The summed E-state index contributed by atoms with van der Waals surface area (Å²) in [5.74, 6) is -0.984. The molecule has 3 rings (SSSR count). The van der Waals surface area contributed by atoms with Crippen molar-refractivity contribution in [3.63, 3.8) is 0 Å². The molecule has 1 amide bonds. The molecule has 3 N–H and O–H groups in total. The average molecular weight is 376 g/mol. The quantitative estimate of drug-likeness (QED) is 0.652. The summed E-state index contributed by atoms with van der Waals surface area (Å²) in [4.78, 5) is 25.7. The standard InChI is InChI=1S/C15H10BrN3O4/c16-9-4-5-12(20)11(7-9)14(21)17-10-3-1-2-8(6-10)13-18-15(22)23-19-13/h1-7,20H,(H,17,21)(H,18,19,22). The summed E-state index contributed by atoms with van der Waals surface area (Å²) < 4.78 is 5.13. The molecule has 23 heavy (non-hydrogen) atoms. The molecule has 0 aliphatic carbocycles. The first-order chi connectivity index (χ1) is 11.0. The van der Waals surface area contributed by atoms with Crippen LogP contribution in [0.25, 0.3) is 11.4 Å². The number of aromatic hydroxyl groups is 1. The Kier molecular flexibility index (Phi) is 3.98. The summed E-state index contributed by atoms with van der Waals surface area (Å²) >= 11 is 3.25. The van der Waals surface area contributed by atoms with Crippen LogP contribution in [0, 0.1) is 0 Å². The maximum Gasteiger partial charge on any atom is 0.439 e. The maximum absolute atomic E-state index is 12.3. The molecular formula is C15H10BrN3O4. The highest BCUT2D eigenvalue weighted by molar-refractivity contribution is 9.10. The number of carbonyl (C=O) groups is 1. The minimum atomic E-state index is -0.659. The van der Waals surface area contributed by atoms with Gasteiger partial charge < -0.3 is 10.4 Å². The van der Waals surface area contributed by atoms with Gasteiger partial charge in [-0.3, -0.25) is 14.3 Å². The van der Waals surface area contributed by atoms with E-state index in [9.17, 15) is 14.7 Å². The van der Waals surface area contributed by atoms with E-state index in [4.69, 9.17) is 0 Å². The molecule has 116 valence electrons. The number of phenolic OH excluding ortho intramolecular Hbond substituents is 1. The highest BCUT2D eigenvalue weighted by Gasteiger charge is 2.13. The Morgan fingerprint density at radius 2 is 2.09 bits per heavy atom. The summed E-state index contributed by atoms with van der Waals surface area (Å²) in [7, 11) is 0. The van der Waals surface area contributed by atoms with Crippen LogP contribution >= 0.6 is 15.9 Å². The van der Waals surface area contributed by atoms with Crippen LogP contribution < -0.4 is 11.1 Å². The molecule has 7 nitrogen and oxygen atoms in total. The van der Waals surface area contributed by atoms with Crippen molar-refractivity contribution in [2.75, 3.05) is 5.32 Å². The Bertz CT molecular complexity index is 932. The molecule has 1 aromatic heterocycles. The van der Waals surface area contributed by atoms with Crippen molar-refractivity contribution in [2.24, 2.45) is 0 Å². The Morgan fingerprint density at radius 1 is 1.26 bits per heavy atom. The molecule has 0 aliphatic rings. The van der Waals surface area contributed by atoms with E-state index in [-0.39, 0.29) is 17.1 Å². The lowest BCUT2D eigenvalue weighted by atomic mass is 10.1. The van der Waals surface area contributed by atoms with E-state index in [1.165, 1.54) is 12.1 Å². The summed E-state index contributed by atoms with van der Waals surface area (Å²) in [6.07, 6.45) is 0. The zero-order chi connectivity index (χ0) is 16.4. The number of nitrogens with one attached hydrogen (secondary N) is 2. The summed E-state index contributed by atoms with van der Waals surface area (Å²) in [6.45, 7) is 0. The van der Waals surface area contributed by atoms with Gasteiger partial charge in [0.2, 0.25) is 0 Å². The third-order valence-electron chi connectivity index (χ3n) is 3.04. The predicted molar refractivity (Wildman–Crippen MR) is 86.3 cm³/mol. The average Bonchev–Trinajstić information content (AvgIpc) is 2.96. The Balaban J connectivity index is 1.87. The number of anilines is 1. The monoisotopic (exact) mass is 375 g/mol. The van der Waals surface area contributed by atoms with Gasteiger partial charge >= 0.3 is 5.76 Å². The summed E-state index contributed by atoms with van der Waals surface area (Å²) in [5, 5.41) is 16.0. The molecule has 0 fully saturated rings. The number of hydrogen-bond donors (Lipinski definition) is 3. The van der Waals surface area contributed by atoms with Gasteiger partial charge in [-0.2, -0.15) is 0 Å². The van der Waals surface area contributed by atoms with Gasteiger partial charge in [0, 0.05) is 15.7 Å². The molecule has 0 radical (unpaired) electrons. The molecule has 3 aromatic rings. The third-order valence-corrected chi connectivity index (χ3v) is 3.53.